The molecule has 0 spiro atoms. The Balaban J connectivity index is 1.76. The number of amides is 1. The number of carbonyl (C=O) groups excluding carboxylic acids is 2. The van der Waals surface area contributed by atoms with Gasteiger partial charge in [-0.2, -0.15) is 0 Å². The molecule has 0 saturated heterocycles. The maximum absolute atomic E-state index is 12.5. The van der Waals surface area contributed by atoms with E-state index in [1.165, 1.54) is 18.4 Å². The van der Waals surface area contributed by atoms with Gasteiger partial charge in [0.05, 0.1) is 26.2 Å². The molecule has 0 saturated carbocycles. The Labute approximate surface area is 138 Å². The zero-order valence-electron chi connectivity index (χ0n) is 12.7. The third kappa shape index (κ3) is 3.53. The second-order valence-electron chi connectivity index (χ2n) is 5.24. The van der Waals surface area contributed by atoms with Gasteiger partial charge in [-0.1, -0.05) is 6.07 Å². The fourth-order valence-electron chi connectivity index (χ4n) is 2.53. The van der Waals surface area contributed by atoms with Crippen molar-refractivity contribution in [3.63, 3.8) is 0 Å². The van der Waals surface area contributed by atoms with Gasteiger partial charge >= 0.3 is 5.97 Å². The van der Waals surface area contributed by atoms with E-state index < -0.39 is 0 Å². The lowest BCUT2D eigenvalue weighted by molar-refractivity contribution is -0.141. The molecule has 0 radical (unpaired) electrons. The molecule has 2 heterocycles. The van der Waals surface area contributed by atoms with Crippen LogP contribution in [0.5, 0.6) is 5.75 Å². The van der Waals surface area contributed by atoms with Crippen molar-refractivity contribution >= 4 is 23.2 Å². The van der Waals surface area contributed by atoms with E-state index in [-0.39, 0.29) is 24.3 Å². The second-order valence-corrected chi connectivity index (χ2v) is 6.22. The minimum absolute atomic E-state index is 0.108. The summed E-state index contributed by atoms with van der Waals surface area (Å²) >= 11 is 1.50. The van der Waals surface area contributed by atoms with E-state index in [2.05, 4.69) is 5.32 Å². The van der Waals surface area contributed by atoms with Gasteiger partial charge in [0.15, 0.2) is 0 Å². The zero-order chi connectivity index (χ0) is 16.2. The minimum atomic E-state index is -0.389. The summed E-state index contributed by atoms with van der Waals surface area (Å²) in [6.45, 7) is 0.653. The van der Waals surface area contributed by atoms with Crippen LogP contribution in [0.2, 0.25) is 0 Å². The summed E-state index contributed by atoms with van der Waals surface area (Å²) in [4.78, 5) is 25.0. The van der Waals surface area contributed by atoms with Crippen molar-refractivity contribution in [3.8, 4) is 5.75 Å². The lowest BCUT2D eigenvalue weighted by atomic mass is 10.1. The quantitative estimate of drug-likeness (QED) is 0.856. The van der Waals surface area contributed by atoms with E-state index in [0.717, 1.165) is 22.6 Å². The molecule has 1 aromatic carbocycles. The summed E-state index contributed by atoms with van der Waals surface area (Å²) in [5, 5.41) is 4.84. The molecule has 120 valence electrons. The minimum Gasteiger partial charge on any atom is -0.493 e. The van der Waals surface area contributed by atoms with Crippen LogP contribution < -0.4 is 10.1 Å². The van der Waals surface area contributed by atoms with Crippen molar-refractivity contribution in [1.82, 2.24) is 5.32 Å². The van der Waals surface area contributed by atoms with Crippen molar-refractivity contribution in [2.75, 3.05) is 13.7 Å². The molecule has 0 fully saturated rings. The smallest absolute Gasteiger partial charge is 0.307 e. The third-order valence-corrected chi connectivity index (χ3v) is 4.73. The van der Waals surface area contributed by atoms with Gasteiger partial charge in [0, 0.05) is 16.9 Å². The van der Waals surface area contributed by atoms with Gasteiger partial charge in [0.1, 0.15) is 5.75 Å². The van der Waals surface area contributed by atoms with Crippen molar-refractivity contribution in [1.29, 1.82) is 0 Å². The highest BCUT2D eigenvalue weighted by molar-refractivity contribution is 7.10. The number of benzene rings is 1. The van der Waals surface area contributed by atoms with Crippen LogP contribution in [0.3, 0.4) is 0 Å². The van der Waals surface area contributed by atoms with E-state index in [0.29, 0.717) is 12.2 Å². The van der Waals surface area contributed by atoms with Gasteiger partial charge < -0.3 is 14.8 Å². The maximum atomic E-state index is 12.5. The first-order valence-corrected chi connectivity index (χ1v) is 8.22. The highest BCUT2D eigenvalue weighted by Crippen LogP contribution is 2.27. The third-order valence-electron chi connectivity index (χ3n) is 3.74. The van der Waals surface area contributed by atoms with E-state index in [9.17, 15) is 9.59 Å². The standard InChI is InChI=1S/C17H17NO4S/c1-21-16(19)10-13(15-3-2-8-23-15)18-17(20)12-4-5-14-11(9-12)6-7-22-14/h2-5,8-9,13H,6-7,10H2,1H3,(H,18,20). The van der Waals surface area contributed by atoms with Gasteiger partial charge in [-0.05, 0) is 35.2 Å². The Kier molecular flexibility index (Phi) is 4.62. The molecule has 1 N–H and O–H groups in total. The molecule has 5 nitrogen and oxygen atoms in total. The molecule has 1 atom stereocenters. The Morgan fingerprint density at radius 1 is 1.39 bits per heavy atom. The lowest BCUT2D eigenvalue weighted by Gasteiger charge is -2.16. The van der Waals surface area contributed by atoms with Crippen molar-refractivity contribution < 1.29 is 19.1 Å². The fraction of sp³-hybridized carbons (Fsp3) is 0.294. The van der Waals surface area contributed by atoms with Gasteiger partial charge in [-0.25, -0.2) is 0 Å². The Morgan fingerprint density at radius 3 is 3.00 bits per heavy atom. The summed E-state index contributed by atoms with van der Waals surface area (Å²) < 4.78 is 10.2. The Morgan fingerprint density at radius 2 is 2.26 bits per heavy atom. The number of esters is 1. The summed E-state index contributed by atoms with van der Waals surface area (Å²) in [7, 11) is 1.34. The number of fused-ring (bicyclic) bond motifs is 1. The fourth-order valence-corrected chi connectivity index (χ4v) is 3.31. The molecule has 0 aliphatic carbocycles. The molecule has 3 rings (SSSR count). The molecule has 1 aliphatic heterocycles. The van der Waals surface area contributed by atoms with Gasteiger partial charge in [-0.15, -0.1) is 11.3 Å². The second kappa shape index (κ2) is 6.83. The molecule has 1 unspecified atom stereocenters. The number of hydrogen-bond donors (Lipinski definition) is 1. The van der Waals surface area contributed by atoms with Crippen molar-refractivity contribution in [2.45, 2.75) is 18.9 Å². The largest absolute Gasteiger partial charge is 0.493 e. The maximum Gasteiger partial charge on any atom is 0.307 e. The van der Waals surface area contributed by atoms with Crippen molar-refractivity contribution in [3.05, 3.63) is 51.7 Å². The van der Waals surface area contributed by atoms with Crippen LogP contribution >= 0.6 is 11.3 Å². The average Bonchev–Trinajstić information content (AvgIpc) is 3.24. The SMILES string of the molecule is COC(=O)CC(NC(=O)c1ccc2c(c1)CCO2)c1cccs1. The van der Waals surface area contributed by atoms with Crippen LogP contribution in [-0.2, 0) is 16.0 Å². The number of rotatable bonds is 5. The summed E-state index contributed by atoms with van der Waals surface area (Å²) in [5.74, 6) is 0.277. The Bertz CT molecular complexity index is 711. The van der Waals surface area contributed by atoms with Gasteiger partial charge in [-0.3, -0.25) is 9.59 Å². The topological polar surface area (TPSA) is 64.6 Å². The highest BCUT2D eigenvalue weighted by atomic mass is 32.1. The molecule has 0 bridgehead atoms. The number of nitrogens with one attached hydrogen (secondary N) is 1. The molecule has 1 aromatic heterocycles. The lowest BCUT2D eigenvalue weighted by Crippen LogP contribution is -2.30. The van der Waals surface area contributed by atoms with Gasteiger partial charge in [0.2, 0.25) is 0 Å². The average molecular weight is 331 g/mol. The van der Waals surface area contributed by atoms with Crippen molar-refractivity contribution in [2.24, 2.45) is 0 Å². The first-order chi connectivity index (χ1) is 11.2. The molecule has 2 aromatic rings. The highest BCUT2D eigenvalue weighted by Gasteiger charge is 2.22. The molecular weight excluding hydrogens is 314 g/mol. The first-order valence-electron chi connectivity index (χ1n) is 7.34. The summed E-state index contributed by atoms with van der Waals surface area (Å²) in [5.41, 5.74) is 1.61. The van der Waals surface area contributed by atoms with E-state index in [4.69, 9.17) is 9.47 Å². The molecular formula is C17H17NO4S. The summed E-state index contributed by atoms with van der Waals surface area (Å²) in [6.07, 6.45) is 0.920. The number of methoxy groups -OCH3 is 1. The van der Waals surface area contributed by atoms with Crippen LogP contribution in [-0.4, -0.2) is 25.6 Å². The van der Waals surface area contributed by atoms with Crippen LogP contribution in [0.15, 0.2) is 35.7 Å². The van der Waals surface area contributed by atoms with Crippen LogP contribution in [0.4, 0.5) is 0 Å². The predicted octanol–water partition coefficient (Wildman–Crippen LogP) is 2.72. The number of hydrogen-bond acceptors (Lipinski definition) is 5. The van der Waals surface area contributed by atoms with E-state index in [1.54, 1.807) is 6.07 Å². The van der Waals surface area contributed by atoms with E-state index in [1.807, 2.05) is 29.6 Å². The molecule has 1 aliphatic rings. The van der Waals surface area contributed by atoms with E-state index >= 15 is 0 Å². The first kappa shape index (κ1) is 15.6. The number of thiophene rings is 1. The number of ether oxygens (including phenoxy) is 2. The Hall–Kier alpha value is -2.34. The number of carbonyl (C=O) groups is 2. The summed E-state index contributed by atoms with van der Waals surface area (Å²) in [6, 6.07) is 8.81. The van der Waals surface area contributed by atoms with Gasteiger partial charge in [0.25, 0.3) is 5.91 Å². The molecule has 23 heavy (non-hydrogen) atoms. The molecule has 6 heteroatoms. The molecule has 1 amide bonds. The van der Waals surface area contributed by atoms with Crippen LogP contribution in [0, 0.1) is 0 Å². The zero-order valence-corrected chi connectivity index (χ0v) is 13.5. The monoisotopic (exact) mass is 331 g/mol. The predicted molar refractivity (Wildman–Crippen MR) is 86.8 cm³/mol. The van der Waals surface area contributed by atoms with Crippen LogP contribution in [0.25, 0.3) is 0 Å². The van der Waals surface area contributed by atoms with Crippen LogP contribution in [0.1, 0.15) is 33.3 Å². The normalized spacial score (nSPS) is 13.8.